The highest BCUT2D eigenvalue weighted by atomic mass is 19.4. The van der Waals surface area contributed by atoms with Gasteiger partial charge in [-0.1, -0.05) is 48.5 Å². The number of fused-ring (bicyclic) bond motifs is 3. The number of rotatable bonds is 2. The molecule has 0 fully saturated rings. The van der Waals surface area contributed by atoms with Crippen LogP contribution in [0.4, 0.5) is 26.3 Å². The lowest BCUT2D eigenvalue weighted by molar-refractivity contribution is -0.138. The molecule has 5 rings (SSSR count). The molecule has 1 heterocycles. The van der Waals surface area contributed by atoms with Gasteiger partial charge in [-0.15, -0.1) is 4.95 Å². The Bertz CT molecular complexity index is 1580. The second kappa shape index (κ2) is 8.30. The van der Waals surface area contributed by atoms with E-state index < -0.39 is 23.5 Å². The van der Waals surface area contributed by atoms with Gasteiger partial charge in [-0.2, -0.15) is 32.9 Å². The van der Waals surface area contributed by atoms with Gasteiger partial charge in [0.25, 0.3) is 0 Å². The maximum Gasteiger partial charge on any atom is 0.416 e. The van der Waals surface area contributed by atoms with E-state index in [2.05, 4.69) is 20.0 Å². The van der Waals surface area contributed by atoms with Gasteiger partial charge in [-0.3, -0.25) is 0 Å². The van der Waals surface area contributed by atoms with Crippen LogP contribution in [0, 0.1) is 6.57 Å². The fourth-order valence-electron chi connectivity index (χ4n) is 4.05. The first-order chi connectivity index (χ1) is 17.1. The number of hydrogen-bond acceptors (Lipinski definition) is 3. The number of alkyl halides is 6. The molecule has 1 aromatic heterocycles. The molecule has 4 nitrogen and oxygen atoms in total. The molecule has 0 radical (unpaired) electrons. The Balaban J connectivity index is 1.83. The van der Waals surface area contributed by atoms with Crippen LogP contribution in [-0.2, 0) is 12.4 Å². The largest absolute Gasteiger partial charge is 0.416 e. The van der Waals surface area contributed by atoms with Crippen LogP contribution in [0.25, 0.3) is 38.7 Å². The van der Waals surface area contributed by atoms with Crippen molar-refractivity contribution in [2.45, 2.75) is 12.4 Å². The monoisotopic (exact) mass is 494 g/mol. The van der Waals surface area contributed by atoms with Crippen LogP contribution in [0.5, 0.6) is 0 Å². The van der Waals surface area contributed by atoms with Crippen molar-refractivity contribution in [3.63, 3.8) is 0 Å². The molecule has 1 aliphatic carbocycles. The summed E-state index contributed by atoms with van der Waals surface area (Å²) in [7, 11) is 0. The molecule has 4 aromatic rings. The van der Waals surface area contributed by atoms with Crippen LogP contribution in [-0.4, -0.2) is 15.7 Å². The molecule has 0 spiro atoms. The van der Waals surface area contributed by atoms with Gasteiger partial charge in [0.1, 0.15) is 5.69 Å². The predicted octanol–water partition coefficient (Wildman–Crippen LogP) is 7.50. The molecule has 178 valence electrons. The van der Waals surface area contributed by atoms with Crippen LogP contribution < -0.4 is 0 Å². The van der Waals surface area contributed by atoms with Crippen LogP contribution in [0.3, 0.4) is 0 Å². The summed E-state index contributed by atoms with van der Waals surface area (Å²) in [6, 6.07) is 15.5. The van der Waals surface area contributed by atoms with E-state index in [4.69, 9.17) is 6.57 Å². The average Bonchev–Trinajstić information content (AvgIpc) is 3.15. The number of halogens is 6. The smallest absolute Gasteiger partial charge is 0.243 e. The van der Waals surface area contributed by atoms with E-state index in [1.165, 1.54) is 24.3 Å². The topological polar surface area (TPSA) is 42.5 Å². The summed E-state index contributed by atoms with van der Waals surface area (Å²) < 4.78 is 80.6. The summed E-state index contributed by atoms with van der Waals surface area (Å²) in [6.45, 7) is 7.18. The molecule has 0 amide bonds. The van der Waals surface area contributed by atoms with E-state index in [0.717, 1.165) is 24.3 Å². The van der Waals surface area contributed by atoms with Gasteiger partial charge in [-0.25, -0.2) is 9.97 Å². The summed E-state index contributed by atoms with van der Waals surface area (Å²) in [6.07, 6.45) is -9.29. The number of benzene rings is 3. The molecular weight excluding hydrogens is 482 g/mol. The Morgan fingerprint density at radius 1 is 0.611 bits per heavy atom. The van der Waals surface area contributed by atoms with Gasteiger partial charge in [-0.05, 0) is 24.3 Å². The number of nitrogens with zero attached hydrogens (tertiary/aromatic N) is 4. The van der Waals surface area contributed by atoms with Crippen LogP contribution in [0.1, 0.15) is 22.4 Å². The highest BCUT2D eigenvalue weighted by Gasteiger charge is 2.35. The molecule has 0 saturated carbocycles. The molecular formula is C26H12F6N4. The highest BCUT2D eigenvalue weighted by Crippen LogP contribution is 2.41. The minimum Gasteiger partial charge on any atom is -0.243 e. The van der Waals surface area contributed by atoms with Gasteiger partial charge >= 0.3 is 12.4 Å². The van der Waals surface area contributed by atoms with Crippen LogP contribution in [0.15, 0.2) is 77.9 Å². The van der Waals surface area contributed by atoms with Gasteiger partial charge in [0.15, 0.2) is 5.71 Å². The molecule has 36 heavy (non-hydrogen) atoms. The Morgan fingerprint density at radius 3 is 1.61 bits per heavy atom. The van der Waals surface area contributed by atoms with Gasteiger partial charge in [0.05, 0.1) is 33.3 Å². The minimum absolute atomic E-state index is 0.00524. The Labute approximate surface area is 200 Å². The highest BCUT2D eigenvalue weighted by molar-refractivity contribution is 6.23. The van der Waals surface area contributed by atoms with E-state index in [9.17, 15) is 26.3 Å². The second-order valence-electron chi connectivity index (χ2n) is 7.87. The lowest BCUT2D eigenvalue weighted by Crippen LogP contribution is -2.08. The average molecular weight is 494 g/mol. The van der Waals surface area contributed by atoms with Gasteiger partial charge < -0.3 is 0 Å². The zero-order valence-electron chi connectivity index (χ0n) is 18.0. The third-order valence-corrected chi connectivity index (χ3v) is 5.63. The van der Waals surface area contributed by atoms with Crippen molar-refractivity contribution in [1.29, 1.82) is 0 Å². The van der Waals surface area contributed by atoms with E-state index >= 15 is 0 Å². The molecule has 0 aliphatic heterocycles. The standard InChI is InChI=1S/C26H12F6N4/c1-33-36-23-19-11-3-2-10-18(19)22-24(23)35-21(15-7-5-9-17(13-15)26(30,31)32)20(34-22)14-6-4-8-16(12-14)25(27,28)29/h2-13H. The van der Waals surface area contributed by atoms with Crippen molar-refractivity contribution >= 4 is 5.71 Å². The number of aromatic nitrogens is 2. The summed E-state index contributed by atoms with van der Waals surface area (Å²) in [4.78, 5) is 12.2. The SMILES string of the molecule is [C-]#[N+]N=C1c2ccccc2-c2nc(-c3cccc(C(F)(F)F)c3)c(-c3cccc(C(F)(F)F)c3)nc21. The third-order valence-electron chi connectivity index (χ3n) is 5.63. The lowest BCUT2D eigenvalue weighted by Gasteiger charge is -2.14. The zero-order valence-corrected chi connectivity index (χ0v) is 18.0. The van der Waals surface area contributed by atoms with E-state index in [1.54, 1.807) is 24.3 Å². The summed E-state index contributed by atoms with van der Waals surface area (Å²) in [5.41, 5.74) is -0.221. The first-order valence-corrected chi connectivity index (χ1v) is 10.4. The van der Waals surface area contributed by atoms with Crippen molar-refractivity contribution in [1.82, 2.24) is 9.97 Å². The Hall–Kier alpha value is -4.52. The van der Waals surface area contributed by atoms with Crippen molar-refractivity contribution in [3.8, 4) is 33.8 Å². The first-order valence-electron chi connectivity index (χ1n) is 10.4. The van der Waals surface area contributed by atoms with Crippen LogP contribution in [0.2, 0.25) is 0 Å². The van der Waals surface area contributed by atoms with Crippen molar-refractivity contribution in [3.05, 3.63) is 107 Å². The first kappa shape index (κ1) is 23.2. The van der Waals surface area contributed by atoms with E-state index in [1.807, 2.05) is 0 Å². The third kappa shape index (κ3) is 3.98. The fraction of sp³-hybridized carbons (Fsp3) is 0.0769. The molecule has 1 aliphatic rings. The summed E-state index contributed by atoms with van der Waals surface area (Å²) >= 11 is 0. The summed E-state index contributed by atoms with van der Waals surface area (Å²) in [5, 5.41) is 3.82. The van der Waals surface area contributed by atoms with Crippen LogP contribution >= 0.6 is 0 Å². The Kier molecular flexibility index (Phi) is 5.36. The predicted molar refractivity (Wildman–Crippen MR) is 121 cm³/mol. The normalized spacial score (nSPS) is 13.9. The number of hydrogen-bond donors (Lipinski definition) is 0. The molecule has 0 bridgehead atoms. The van der Waals surface area contributed by atoms with E-state index in [-0.39, 0.29) is 39.6 Å². The molecule has 0 atom stereocenters. The zero-order chi connectivity index (χ0) is 25.7. The maximum absolute atomic E-state index is 13.4. The molecule has 3 aromatic carbocycles. The fourth-order valence-corrected chi connectivity index (χ4v) is 4.05. The molecule has 0 N–H and O–H groups in total. The van der Waals surface area contributed by atoms with Gasteiger partial charge in [0.2, 0.25) is 0 Å². The van der Waals surface area contributed by atoms with E-state index in [0.29, 0.717) is 11.1 Å². The minimum atomic E-state index is -4.65. The second-order valence-corrected chi connectivity index (χ2v) is 7.87. The van der Waals surface area contributed by atoms with Crippen molar-refractivity contribution in [2.75, 3.05) is 0 Å². The summed E-state index contributed by atoms with van der Waals surface area (Å²) in [5.74, 6) is 0. The Morgan fingerprint density at radius 2 is 1.11 bits per heavy atom. The van der Waals surface area contributed by atoms with Crippen molar-refractivity contribution in [2.24, 2.45) is 5.10 Å². The quantitative estimate of drug-likeness (QED) is 0.145. The molecule has 0 saturated heterocycles. The maximum atomic E-state index is 13.4. The molecule has 0 unspecified atom stereocenters. The lowest BCUT2D eigenvalue weighted by atomic mass is 10.00. The van der Waals surface area contributed by atoms with Gasteiger partial charge in [0, 0.05) is 22.3 Å². The van der Waals surface area contributed by atoms with Crippen molar-refractivity contribution < 1.29 is 26.3 Å². The molecule has 10 heteroatoms.